The minimum atomic E-state index is -1.66. The van der Waals surface area contributed by atoms with Crippen LogP contribution in [0.5, 0.6) is 0 Å². The zero-order valence-electron chi connectivity index (χ0n) is 18.1. The van der Waals surface area contributed by atoms with E-state index in [1.54, 1.807) is 28.8 Å². The van der Waals surface area contributed by atoms with Gasteiger partial charge in [0.25, 0.3) is 5.91 Å². The summed E-state index contributed by atoms with van der Waals surface area (Å²) in [7, 11) is 0. The Hall–Kier alpha value is -4.02. The van der Waals surface area contributed by atoms with Crippen molar-refractivity contribution in [2.75, 3.05) is 11.9 Å². The Bertz CT molecular complexity index is 1310. The Labute approximate surface area is 189 Å². The molecule has 0 aromatic carbocycles. The molecule has 0 aliphatic heterocycles. The Morgan fingerprint density at radius 2 is 2.09 bits per heavy atom. The molecule has 3 heterocycles. The lowest BCUT2D eigenvalue weighted by Gasteiger charge is -2.23. The molecular formula is C23H22FN7O2. The van der Waals surface area contributed by atoms with E-state index in [0.717, 1.165) is 0 Å². The SMILES string of the molecule is CC(C)(O)[C@H](F)CNC(=O)c1cnc(-c2ccc3cc(C#N)cnn23)cc1NC1(C#N)CC1. The molecule has 0 radical (unpaired) electrons. The molecule has 1 amide bonds. The minimum Gasteiger partial charge on any atom is -0.387 e. The van der Waals surface area contributed by atoms with Crippen molar-refractivity contribution in [1.82, 2.24) is 19.9 Å². The van der Waals surface area contributed by atoms with E-state index < -0.39 is 23.2 Å². The average Bonchev–Trinajstić information content (AvgIpc) is 3.44. The van der Waals surface area contributed by atoms with E-state index in [1.807, 2.05) is 6.07 Å². The molecule has 9 nitrogen and oxygen atoms in total. The minimum absolute atomic E-state index is 0.156. The molecule has 1 atom stereocenters. The fourth-order valence-electron chi connectivity index (χ4n) is 3.31. The number of carbonyl (C=O) groups is 1. The molecule has 33 heavy (non-hydrogen) atoms. The number of nitrogens with one attached hydrogen (secondary N) is 2. The predicted octanol–water partition coefficient (Wildman–Crippen LogP) is 2.57. The highest BCUT2D eigenvalue weighted by molar-refractivity contribution is 6.00. The number of pyridine rings is 1. The number of rotatable bonds is 7. The lowest BCUT2D eigenvalue weighted by molar-refractivity contribution is -0.00177. The summed E-state index contributed by atoms with van der Waals surface area (Å²) in [5.41, 5.74) is 0.462. The van der Waals surface area contributed by atoms with Crippen LogP contribution < -0.4 is 10.6 Å². The molecule has 0 spiro atoms. The number of nitrogens with zero attached hydrogens (tertiary/aromatic N) is 5. The molecule has 3 N–H and O–H groups in total. The quantitative estimate of drug-likeness (QED) is 0.506. The molecule has 10 heteroatoms. The van der Waals surface area contributed by atoms with Gasteiger partial charge in [-0.1, -0.05) is 0 Å². The average molecular weight is 447 g/mol. The van der Waals surface area contributed by atoms with Crippen LogP contribution in [0.15, 0.2) is 36.7 Å². The van der Waals surface area contributed by atoms with Crippen molar-refractivity contribution >= 4 is 17.1 Å². The Morgan fingerprint density at radius 3 is 2.73 bits per heavy atom. The highest BCUT2D eigenvalue weighted by atomic mass is 19.1. The highest BCUT2D eigenvalue weighted by Gasteiger charge is 2.44. The molecule has 168 valence electrons. The van der Waals surface area contributed by atoms with Gasteiger partial charge >= 0.3 is 0 Å². The monoisotopic (exact) mass is 447 g/mol. The summed E-state index contributed by atoms with van der Waals surface area (Å²) < 4.78 is 15.7. The van der Waals surface area contributed by atoms with E-state index >= 15 is 0 Å². The summed E-state index contributed by atoms with van der Waals surface area (Å²) in [6, 6.07) is 11.2. The largest absolute Gasteiger partial charge is 0.387 e. The van der Waals surface area contributed by atoms with Crippen molar-refractivity contribution in [1.29, 1.82) is 10.5 Å². The number of hydrogen-bond donors (Lipinski definition) is 3. The Balaban J connectivity index is 1.68. The van der Waals surface area contributed by atoms with Crippen LogP contribution in [0.2, 0.25) is 0 Å². The standard InChI is InChI=1S/C23H22FN7O2/c1-22(2,33)20(24)12-28-21(32)16-11-27-18(8-17(16)30-23(13-26)5-6-23)19-4-3-15-7-14(9-25)10-29-31(15)19/h3-4,7-8,10-11,20,33H,5-6,12H2,1-2H3,(H,27,30)(H,28,32)/t20-/m1/s1. The third-order valence-corrected chi connectivity index (χ3v) is 5.59. The van der Waals surface area contributed by atoms with Crippen LogP contribution in [0.1, 0.15) is 42.6 Å². The van der Waals surface area contributed by atoms with Crippen molar-refractivity contribution in [3.05, 3.63) is 47.8 Å². The summed E-state index contributed by atoms with van der Waals surface area (Å²) in [4.78, 5) is 17.2. The van der Waals surface area contributed by atoms with Gasteiger partial charge in [-0.15, -0.1) is 0 Å². The van der Waals surface area contributed by atoms with Crippen LogP contribution >= 0.6 is 0 Å². The summed E-state index contributed by atoms with van der Waals surface area (Å²) >= 11 is 0. The smallest absolute Gasteiger partial charge is 0.255 e. The van der Waals surface area contributed by atoms with Gasteiger partial charge in [0, 0.05) is 6.20 Å². The Kier molecular flexibility index (Phi) is 5.48. The number of hydrogen-bond acceptors (Lipinski definition) is 7. The fourth-order valence-corrected chi connectivity index (χ4v) is 3.31. The van der Waals surface area contributed by atoms with Gasteiger partial charge in [0.2, 0.25) is 0 Å². The summed E-state index contributed by atoms with van der Waals surface area (Å²) in [5.74, 6) is -0.575. The maximum absolute atomic E-state index is 14.1. The van der Waals surface area contributed by atoms with Gasteiger partial charge in [-0.3, -0.25) is 9.78 Å². The number of nitriles is 2. The van der Waals surface area contributed by atoms with Gasteiger partial charge in [0.05, 0.1) is 58.1 Å². The number of fused-ring (bicyclic) bond motifs is 1. The van der Waals surface area contributed by atoms with Gasteiger partial charge in [-0.2, -0.15) is 15.6 Å². The zero-order valence-corrected chi connectivity index (χ0v) is 18.1. The molecule has 1 aliphatic rings. The van der Waals surface area contributed by atoms with Crippen molar-refractivity contribution in [2.24, 2.45) is 0 Å². The molecule has 1 fully saturated rings. The molecule has 4 rings (SSSR count). The van der Waals surface area contributed by atoms with Crippen LogP contribution in [0, 0.1) is 22.7 Å². The number of aliphatic hydroxyl groups is 1. The van der Waals surface area contributed by atoms with E-state index in [1.165, 1.54) is 26.2 Å². The second-order valence-corrected chi connectivity index (χ2v) is 8.68. The zero-order chi connectivity index (χ0) is 23.8. The van der Waals surface area contributed by atoms with Gasteiger partial charge in [0.15, 0.2) is 0 Å². The van der Waals surface area contributed by atoms with Crippen molar-refractivity contribution < 1.29 is 14.3 Å². The van der Waals surface area contributed by atoms with E-state index in [0.29, 0.717) is 41.0 Å². The molecule has 3 aromatic heterocycles. The highest BCUT2D eigenvalue weighted by Crippen LogP contribution is 2.39. The Morgan fingerprint density at radius 1 is 1.33 bits per heavy atom. The van der Waals surface area contributed by atoms with E-state index in [-0.39, 0.29) is 12.1 Å². The number of amides is 1. The van der Waals surface area contributed by atoms with Crippen LogP contribution in [0.3, 0.4) is 0 Å². The second-order valence-electron chi connectivity index (χ2n) is 8.68. The lowest BCUT2D eigenvalue weighted by atomic mass is 10.0. The first-order valence-corrected chi connectivity index (χ1v) is 10.4. The van der Waals surface area contributed by atoms with Crippen LogP contribution in [-0.2, 0) is 0 Å². The van der Waals surface area contributed by atoms with Crippen molar-refractivity contribution in [3.63, 3.8) is 0 Å². The van der Waals surface area contributed by atoms with Crippen LogP contribution in [0.4, 0.5) is 10.1 Å². The maximum Gasteiger partial charge on any atom is 0.255 e. The van der Waals surface area contributed by atoms with Gasteiger partial charge < -0.3 is 15.7 Å². The molecule has 1 saturated carbocycles. The number of aromatic nitrogens is 3. The van der Waals surface area contributed by atoms with Crippen LogP contribution in [0.25, 0.3) is 16.9 Å². The second kappa shape index (κ2) is 8.15. The summed E-state index contributed by atoms with van der Waals surface area (Å²) in [6.07, 6.45) is 2.43. The van der Waals surface area contributed by atoms with Gasteiger partial charge in [-0.05, 0) is 51.0 Å². The normalized spacial score (nSPS) is 15.3. The first-order chi connectivity index (χ1) is 15.7. The van der Waals surface area contributed by atoms with E-state index in [9.17, 15) is 19.6 Å². The number of halogens is 1. The third kappa shape index (κ3) is 4.47. The summed E-state index contributed by atoms with van der Waals surface area (Å²) in [5, 5.41) is 38.3. The molecule has 0 saturated heterocycles. The molecule has 0 unspecified atom stereocenters. The number of alkyl halides is 1. The van der Waals surface area contributed by atoms with Gasteiger partial charge in [0.1, 0.15) is 17.8 Å². The number of carbonyl (C=O) groups excluding carboxylic acids is 1. The first-order valence-electron chi connectivity index (χ1n) is 10.4. The van der Waals surface area contributed by atoms with Gasteiger partial charge in [-0.25, -0.2) is 8.91 Å². The number of anilines is 1. The first kappa shape index (κ1) is 22.2. The molecule has 0 bridgehead atoms. The van der Waals surface area contributed by atoms with Crippen molar-refractivity contribution in [3.8, 4) is 23.5 Å². The lowest BCUT2D eigenvalue weighted by Crippen LogP contribution is -2.42. The third-order valence-electron chi connectivity index (χ3n) is 5.59. The van der Waals surface area contributed by atoms with Crippen LogP contribution in [-0.4, -0.2) is 49.5 Å². The van der Waals surface area contributed by atoms with E-state index in [4.69, 9.17) is 5.26 Å². The molecule has 3 aromatic rings. The fraction of sp³-hybridized carbons (Fsp3) is 0.348. The molecule has 1 aliphatic carbocycles. The predicted molar refractivity (Wildman–Crippen MR) is 118 cm³/mol. The molecular weight excluding hydrogens is 425 g/mol. The van der Waals surface area contributed by atoms with E-state index in [2.05, 4.69) is 26.8 Å². The maximum atomic E-state index is 14.1. The summed E-state index contributed by atoms with van der Waals surface area (Å²) in [6.45, 7) is 2.28. The topological polar surface area (TPSA) is 139 Å². The van der Waals surface area contributed by atoms with Crippen molar-refractivity contribution in [2.45, 2.75) is 44.0 Å².